The smallest absolute Gasteiger partial charge is 0.303 e. The van der Waals surface area contributed by atoms with Gasteiger partial charge in [0.1, 0.15) is 11.6 Å². The van der Waals surface area contributed by atoms with Crippen molar-refractivity contribution in [2.75, 3.05) is 32.5 Å². The van der Waals surface area contributed by atoms with Gasteiger partial charge in [0.15, 0.2) is 0 Å². The number of fused-ring (bicyclic) bond motifs is 1. The molecule has 204 valence electrons. The van der Waals surface area contributed by atoms with Gasteiger partial charge in [-0.1, -0.05) is 6.07 Å². The highest BCUT2D eigenvalue weighted by Gasteiger charge is 2.31. The monoisotopic (exact) mass is 590 g/mol. The average Bonchev–Trinajstić information content (AvgIpc) is 3.36. The number of ether oxygens (including phenoxy) is 1. The molecule has 2 unspecified atom stereocenters. The summed E-state index contributed by atoms with van der Waals surface area (Å²) in [6.07, 6.45) is 2.14. The van der Waals surface area contributed by atoms with Gasteiger partial charge >= 0.3 is 5.97 Å². The second-order valence-corrected chi connectivity index (χ2v) is 11.3. The first kappa shape index (κ1) is 31.6. The van der Waals surface area contributed by atoms with Crippen molar-refractivity contribution >= 4 is 64.8 Å². The Bertz CT molecular complexity index is 1140. The largest absolute Gasteiger partial charge is 0.497 e. The number of nitrogens with zero attached hydrogens (tertiary/aromatic N) is 2. The number of likely N-dealkylation sites (tertiary alicyclic amines) is 1. The number of thiophene rings is 1. The molecule has 11 heteroatoms. The number of pyridine rings is 1. The van der Waals surface area contributed by atoms with Crippen molar-refractivity contribution in [2.24, 2.45) is 11.8 Å². The van der Waals surface area contributed by atoms with E-state index in [1.807, 2.05) is 17.8 Å². The molecule has 6 nitrogen and oxygen atoms in total. The molecule has 0 saturated carbocycles. The SMILES string of the molecule is COc1ccc2ncc(F)c([C@H](O)CCC3CCN(CCSc4cccs4)CC3CC(=O)O)c2c1.Cl.Cl. The predicted octanol–water partition coefficient (Wildman–Crippen LogP) is 6.31. The van der Waals surface area contributed by atoms with E-state index < -0.39 is 17.9 Å². The highest BCUT2D eigenvalue weighted by Crippen LogP contribution is 2.36. The maximum absolute atomic E-state index is 14.7. The molecule has 4 rings (SSSR count). The number of aliphatic carboxylic acids is 1. The number of methoxy groups -OCH3 is 1. The summed E-state index contributed by atoms with van der Waals surface area (Å²) in [7, 11) is 1.54. The lowest BCUT2D eigenvalue weighted by molar-refractivity contribution is -0.139. The average molecular weight is 592 g/mol. The van der Waals surface area contributed by atoms with E-state index in [-0.39, 0.29) is 48.6 Å². The molecule has 3 aromatic rings. The van der Waals surface area contributed by atoms with E-state index >= 15 is 0 Å². The standard InChI is InChI=1S/C26H31FN2O4S2.2ClH/c1-33-19-5-6-22-20(14-19)26(21(27)15-28-22)23(30)7-4-17-8-9-29(16-18(17)13-24(31)32)10-12-35-25-3-2-11-34-25;;/h2-3,5-6,11,14-15,17-18,23,30H,4,7-10,12-13,16H2,1H3,(H,31,32);2*1H/t17?,18?,23-;;/m1../s1. The molecule has 1 saturated heterocycles. The second-order valence-electron chi connectivity index (χ2n) is 8.98. The van der Waals surface area contributed by atoms with E-state index in [4.69, 9.17) is 4.74 Å². The predicted molar refractivity (Wildman–Crippen MR) is 152 cm³/mol. The summed E-state index contributed by atoms with van der Waals surface area (Å²) in [5.41, 5.74) is 0.824. The number of carboxylic acids is 1. The number of carbonyl (C=O) groups is 1. The number of hydrogen-bond acceptors (Lipinski definition) is 7. The first-order valence-corrected chi connectivity index (χ1v) is 13.7. The molecule has 2 N–H and O–H groups in total. The summed E-state index contributed by atoms with van der Waals surface area (Å²) in [6.45, 7) is 2.57. The Kier molecular flexibility index (Phi) is 12.9. The lowest BCUT2D eigenvalue weighted by Gasteiger charge is -2.38. The lowest BCUT2D eigenvalue weighted by Crippen LogP contribution is -2.42. The van der Waals surface area contributed by atoms with Crippen LogP contribution >= 0.6 is 47.9 Å². The minimum Gasteiger partial charge on any atom is -0.497 e. The Balaban J connectivity index is 0.00000241. The van der Waals surface area contributed by atoms with Crippen molar-refractivity contribution in [3.8, 4) is 5.75 Å². The number of halogens is 3. The van der Waals surface area contributed by atoms with Crippen molar-refractivity contribution in [1.29, 1.82) is 0 Å². The van der Waals surface area contributed by atoms with Gasteiger partial charge in [-0.25, -0.2) is 4.39 Å². The summed E-state index contributed by atoms with van der Waals surface area (Å²) in [4.78, 5) is 18.0. The molecule has 1 fully saturated rings. The molecule has 0 radical (unpaired) electrons. The number of hydrogen-bond donors (Lipinski definition) is 2. The number of aromatic nitrogens is 1. The zero-order valence-electron chi connectivity index (χ0n) is 20.5. The highest BCUT2D eigenvalue weighted by atomic mass is 35.5. The molecule has 37 heavy (non-hydrogen) atoms. The van der Waals surface area contributed by atoms with Crippen LogP contribution in [0.1, 0.15) is 37.4 Å². The van der Waals surface area contributed by atoms with Gasteiger partial charge in [-0.05, 0) is 67.3 Å². The van der Waals surface area contributed by atoms with Crippen molar-refractivity contribution < 1.29 is 24.1 Å². The maximum Gasteiger partial charge on any atom is 0.303 e. The molecule has 0 spiro atoms. The van der Waals surface area contributed by atoms with E-state index in [9.17, 15) is 19.4 Å². The third kappa shape index (κ3) is 8.43. The van der Waals surface area contributed by atoms with E-state index in [1.165, 1.54) is 4.21 Å². The number of thioether (sulfide) groups is 1. The van der Waals surface area contributed by atoms with Crippen LogP contribution in [0.2, 0.25) is 0 Å². The molecule has 0 amide bonds. The number of aliphatic hydroxyl groups excluding tert-OH is 1. The number of benzene rings is 1. The van der Waals surface area contributed by atoms with Crippen LogP contribution in [0, 0.1) is 17.7 Å². The Hall–Kier alpha value is -1.62. The van der Waals surface area contributed by atoms with Crippen LogP contribution in [0.25, 0.3) is 10.9 Å². The Morgan fingerprint density at radius 1 is 1.32 bits per heavy atom. The van der Waals surface area contributed by atoms with Crippen LogP contribution in [0.3, 0.4) is 0 Å². The number of piperidine rings is 1. The molecule has 0 bridgehead atoms. The quantitative estimate of drug-likeness (QED) is 0.253. The summed E-state index contributed by atoms with van der Waals surface area (Å²) in [6, 6.07) is 9.37. The van der Waals surface area contributed by atoms with E-state index in [0.29, 0.717) is 29.5 Å². The molecular weight excluding hydrogens is 558 g/mol. The van der Waals surface area contributed by atoms with Gasteiger partial charge in [0.05, 0.1) is 29.1 Å². The lowest BCUT2D eigenvalue weighted by atomic mass is 9.79. The van der Waals surface area contributed by atoms with Gasteiger partial charge in [0, 0.05) is 36.2 Å². The summed E-state index contributed by atoms with van der Waals surface area (Å²) < 4.78 is 21.3. The van der Waals surface area contributed by atoms with E-state index in [0.717, 1.165) is 38.0 Å². The van der Waals surface area contributed by atoms with Crippen LogP contribution in [0.5, 0.6) is 5.75 Å². The first-order valence-electron chi connectivity index (χ1n) is 11.8. The van der Waals surface area contributed by atoms with Crippen molar-refractivity contribution in [3.63, 3.8) is 0 Å². The van der Waals surface area contributed by atoms with E-state index in [1.54, 1.807) is 36.6 Å². The maximum atomic E-state index is 14.7. The van der Waals surface area contributed by atoms with Crippen molar-refractivity contribution in [1.82, 2.24) is 9.88 Å². The Labute approximate surface area is 237 Å². The molecule has 0 aliphatic carbocycles. The topological polar surface area (TPSA) is 82.9 Å². The van der Waals surface area contributed by atoms with Crippen LogP contribution in [0.4, 0.5) is 4.39 Å². The third-order valence-corrected chi connectivity index (χ3v) is 8.88. The minimum absolute atomic E-state index is 0. The van der Waals surface area contributed by atoms with Crippen LogP contribution in [0.15, 0.2) is 46.1 Å². The fourth-order valence-electron chi connectivity index (χ4n) is 4.97. The molecule has 3 heterocycles. The number of aliphatic hydroxyl groups is 1. The van der Waals surface area contributed by atoms with Crippen LogP contribution in [-0.2, 0) is 4.79 Å². The summed E-state index contributed by atoms with van der Waals surface area (Å²) >= 11 is 3.57. The van der Waals surface area contributed by atoms with Crippen molar-refractivity contribution in [2.45, 2.75) is 36.0 Å². The van der Waals surface area contributed by atoms with Gasteiger partial charge in [-0.2, -0.15) is 0 Å². The summed E-state index contributed by atoms with van der Waals surface area (Å²) in [5.74, 6) is 0.394. The fourth-order valence-corrected chi connectivity index (χ4v) is 6.83. The Morgan fingerprint density at radius 2 is 2.14 bits per heavy atom. The fraction of sp³-hybridized carbons (Fsp3) is 0.462. The molecule has 2 aromatic heterocycles. The normalized spacial score (nSPS) is 18.6. The van der Waals surface area contributed by atoms with Crippen LogP contribution < -0.4 is 4.74 Å². The highest BCUT2D eigenvalue weighted by molar-refractivity contribution is 8.01. The first-order chi connectivity index (χ1) is 16.9. The molecule has 1 aliphatic heterocycles. The molecular formula is C26H33Cl2FN2O4S2. The molecule has 1 aliphatic rings. The van der Waals surface area contributed by atoms with Gasteiger partial charge in [0.2, 0.25) is 0 Å². The number of carboxylic acid groups (broad SMARTS) is 1. The van der Waals surface area contributed by atoms with Gasteiger partial charge in [0.25, 0.3) is 0 Å². The van der Waals surface area contributed by atoms with Crippen molar-refractivity contribution in [3.05, 3.63) is 53.3 Å². The van der Waals surface area contributed by atoms with Gasteiger partial charge in [-0.15, -0.1) is 47.9 Å². The third-order valence-electron chi connectivity index (χ3n) is 6.77. The molecule has 1 aromatic carbocycles. The van der Waals surface area contributed by atoms with E-state index in [2.05, 4.69) is 21.3 Å². The van der Waals surface area contributed by atoms with Crippen LogP contribution in [-0.4, -0.2) is 58.6 Å². The zero-order chi connectivity index (χ0) is 24.8. The Morgan fingerprint density at radius 3 is 2.84 bits per heavy atom. The minimum atomic E-state index is -1.00. The second kappa shape index (κ2) is 15.1. The summed E-state index contributed by atoms with van der Waals surface area (Å²) in [5, 5.41) is 23.1. The zero-order valence-corrected chi connectivity index (χ0v) is 23.8. The molecule has 3 atom stereocenters. The van der Waals surface area contributed by atoms with Gasteiger partial charge in [-0.3, -0.25) is 9.78 Å². The van der Waals surface area contributed by atoms with Gasteiger partial charge < -0.3 is 19.8 Å². The number of rotatable bonds is 11.